The molecule has 1 atom stereocenters. The van der Waals surface area contributed by atoms with Gasteiger partial charge in [0, 0.05) is 30.3 Å². The van der Waals surface area contributed by atoms with Crippen molar-refractivity contribution < 1.29 is 14.6 Å². The van der Waals surface area contributed by atoms with Gasteiger partial charge in [-0.3, -0.25) is 0 Å². The van der Waals surface area contributed by atoms with Gasteiger partial charge in [-0.05, 0) is 75.1 Å². The quantitative estimate of drug-likeness (QED) is 0.520. The maximum absolute atomic E-state index is 10.9. The largest absolute Gasteiger partial charge is 0.492 e. The summed E-state index contributed by atoms with van der Waals surface area (Å²) in [5.74, 6) is 1.61. The summed E-state index contributed by atoms with van der Waals surface area (Å²) in [6, 6.07) is 23.8. The number of ether oxygens (including phenoxy) is 2. The SMILES string of the molecule is Cc1cccc(COc2ccc(N3C=CN(c4ccc(OCCN(C)C)cc4)C3O)cc2)c1. The molecule has 0 saturated heterocycles. The fraction of sp³-hybridized carbons (Fsp3) is 0.259. The van der Waals surface area contributed by atoms with Gasteiger partial charge in [0.1, 0.15) is 24.7 Å². The minimum Gasteiger partial charge on any atom is -0.492 e. The average molecular weight is 446 g/mol. The summed E-state index contributed by atoms with van der Waals surface area (Å²) in [6.45, 7) is 4.10. The van der Waals surface area contributed by atoms with Crippen molar-refractivity contribution in [1.82, 2.24) is 4.90 Å². The number of rotatable bonds is 9. The number of aliphatic hydroxyl groups excluding tert-OH is 1. The second-order valence-electron chi connectivity index (χ2n) is 8.38. The first-order valence-corrected chi connectivity index (χ1v) is 11.1. The number of benzene rings is 3. The van der Waals surface area contributed by atoms with Crippen LogP contribution in [0.2, 0.25) is 0 Å². The topological polar surface area (TPSA) is 48.4 Å². The molecule has 0 aromatic heterocycles. The standard InChI is InChI=1S/C27H31N3O3/c1-21-5-4-6-22(19-21)20-33-26-13-9-24(10-14-26)30-16-15-29(27(30)31)23-7-11-25(12-8-23)32-18-17-28(2)3/h4-16,19,27,31H,17-18,20H2,1-3H3. The van der Waals surface area contributed by atoms with E-state index < -0.39 is 6.35 Å². The van der Waals surface area contributed by atoms with E-state index in [2.05, 4.69) is 30.0 Å². The third kappa shape index (κ3) is 5.86. The van der Waals surface area contributed by atoms with Gasteiger partial charge < -0.3 is 29.3 Å². The van der Waals surface area contributed by atoms with Crippen molar-refractivity contribution in [3.05, 3.63) is 96.3 Å². The van der Waals surface area contributed by atoms with Crippen molar-refractivity contribution in [2.75, 3.05) is 37.0 Å². The van der Waals surface area contributed by atoms with Gasteiger partial charge in [-0.2, -0.15) is 0 Å². The second-order valence-corrected chi connectivity index (χ2v) is 8.38. The first-order valence-electron chi connectivity index (χ1n) is 11.1. The zero-order valence-corrected chi connectivity index (χ0v) is 19.4. The molecule has 3 aromatic carbocycles. The molecule has 0 amide bonds. The predicted molar refractivity (Wildman–Crippen MR) is 133 cm³/mol. The molecular weight excluding hydrogens is 414 g/mol. The molecule has 0 bridgehead atoms. The van der Waals surface area contributed by atoms with Crippen molar-refractivity contribution in [1.29, 1.82) is 0 Å². The smallest absolute Gasteiger partial charge is 0.215 e. The maximum Gasteiger partial charge on any atom is 0.215 e. The van der Waals surface area contributed by atoms with E-state index in [-0.39, 0.29) is 0 Å². The van der Waals surface area contributed by atoms with Gasteiger partial charge in [0.05, 0.1) is 0 Å². The molecule has 0 saturated carbocycles. The van der Waals surface area contributed by atoms with E-state index in [1.807, 2.05) is 90.9 Å². The third-order valence-corrected chi connectivity index (χ3v) is 5.45. The summed E-state index contributed by atoms with van der Waals surface area (Å²) in [4.78, 5) is 5.70. The third-order valence-electron chi connectivity index (χ3n) is 5.45. The Morgan fingerprint density at radius 1 is 0.818 bits per heavy atom. The summed E-state index contributed by atoms with van der Waals surface area (Å²) < 4.78 is 11.7. The highest BCUT2D eigenvalue weighted by Gasteiger charge is 2.26. The zero-order valence-electron chi connectivity index (χ0n) is 19.4. The lowest BCUT2D eigenvalue weighted by Crippen LogP contribution is -2.38. The average Bonchev–Trinajstić information content (AvgIpc) is 3.19. The van der Waals surface area contributed by atoms with Gasteiger partial charge >= 0.3 is 0 Å². The van der Waals surface area contributed by atoms with E-state index in [0.717, 1.165) is 35.0 Å². The summed E-state index contributed by atoms with van der Waals surface area (Å²) in [7, 11) is 4.04. The van der Waals surface area contributed by atoms with E-state index in [1.54, 1.807) is 0 Å². The summed E-state index contributed by atoms with van der Waals surface area (Å²) in [5, 5.41) is 10.9. The summed E-state index contributed by atoms with van der Waals surface area (Å²) in [5.41, 5.74) is 4.13. The Hall–Kier alpha value is -3.48. The molecule has 172 valence electrons. The van der Waals surface area contributed by atoms with E-state index >= 15 is 0 Å². The minimum atomic E-state index is -0.829. The van der Waals surface area contributed by atoms with Gasteiger partial charge in [0.2, 0.25) is 6.35 Å². The second kappa shape index (κ2) is 10.4. The number of aliphatic hydroxyl groups is 1. The van der Waals surface area contributed by atoms with Crippen LogP contribution >= 0.6 is 0 Å². The maximum atomic E-state index is 10.9. The molecule has 6 nitrogen and oxygen atoms in total. The van der Waals surface area contributed by atoms with Crippen molar-refractivity contribution in [3.63, 3.8) is 0 Å². The van der Waals surface area contributed by atoms with E-state index in [4.69, 9.17) is 9.47 Å². The van der Waals surface area contributed by atoms with E-state index in [1.165, 1.54) is 5.56 Å². The number of nitrogens with zero attached hydrogens (tertiary/aromatic N) is 3. The minimum absolute atomic E-state index is 0.524. The number of likely N-dealkylation sites (N-methyl/N-ethyl adjacent to an activating group) is 1. The van der Waals surface area contributed by atoms with Crippen LogP contribution < -0.4 is 19.3 Å². The summed E-state index contributed by atoms with van der Waals surface area (Å²) >= 11 is 0. The fourth-order valence-corrected chi connectivity index (χ4v) is 3.61. The molecule has 0 aliphatic carbocycles. The number of aryl methyl sites for hydroxylation is 1. The highest BCUT2D eigenvalue weighted by molar-refractivity contribution is 5.61. The normalized spacial score (nSPS) is 15.4. The lowest BCUT2D eigenvalue weighted by Gasteiger charge is -2.28. The Labute approximate surface area is 195 Å². The van der Waals surface area contributed by atoms with Gasteiger partial charge in [-0.15, -0.1) is 0 Å². The molecular formula is C27H31N3O3. The predicted octanol–water partition coefficient (Wildman–Crippen LogP) is 4.59. The van der Waals surface area contributed by atoms with Crippen LogP contribution in [0.4, 0.5) is 11.4 Å². The Bertz CT molecular complexity index is 1060. The molecule has 0 spiro atoms. The Kier molecular flexibility index (Phi) is 7.17. The van der Waals surface area contributed by atoms with Gasteiger partial charge in [0.25, 0.3) is 0 Å². The van der Waals surface area contributed by atoms with Crippen LogP contribution in [-0.4, -0.2) is 43.6 Å². The van der Waals surface area contributed by atoms with Gasteiger partial charge in [-0.1, -0.05) is 29.8 Å². The Morgan fingerprint density at radius 3 is 1.94 bits per heavy atom. The Morgan fingerprint density at radius 2 is 1.39 bits per heavy atom. The van der Waals surface area contributed by atoms with Crippen LogP contribution in [0.1, 0.15) is 11.1 Å². The molecule has 1 N–H and O–H groups in total. The van der Waals surface area contributed by atoms with Gasteiger partial charge in [-0.25, -0.2) is 0 Å². The lowest BCUT2D eigenvalue weighted by molar-refractivity contribution is 0.192. The van der Waals surface area contributed by atoms with Crippen molar-refractivity contribution in [2.45, 2.75) is 19.9 Å². The van der Waals surface area contributed by atoms with Crippen LogP contribution in [0.25, 0.3) is 0 Å². The molecule has 3 aromatic rings. The number of hydrogen-bond acceptors (Lipinski definition) is 6. The molecule has 0 fully saturated rings. The van der Waals surface area contributed by atoms with Crippen LogP contribution in [0.15, 0.2) is 85.2 Å². The lowest BCUT2D eigenvalue weighted by atomic mass is 10.1. The van der Waals surface area contributed by atoms with Crippen LogP contribution in [0.3, 0.4) is 0 Å². The molecule has 1 unspecified atom stereocenters. The van der Waals surface area contributed by atoms with E-state index in [9.17, 15) is 5.11 Å². The first kappa shape index (κ1) is 22.7. The van der Waals surface area contributed by atoms with Crippen LogP contribution in [0.5, 0.6) is 11.5 Å². The highest BCUT2D eigenvalue weighted by atomic mass is 16.5. The molecule has 33 heavy (non-hydrogen) atoms. The summed E-state index contributed by atoms with van der Waals surface area (Å²) in [6.07, 6.45) is 2.91. The monoisotopic (exact) mass is 445 g/mol. The first-order chi connectivity index (χ1) is 16.0. The van der Waals surface area contributed by atoms with Gasteiger partial charge in [0.15, 0.2) is 0 Å². The van der Waals surface area contributed by atoms with Crippen molar-refractivity contribution in [2.24, 2.45) is 0 Å². The molecule has 0 radical (unpaired) electrons. The molecule has 1 aliphatic heterocycles. The molecule has 1 heterocycles. The van der Waals surface area contributed by atoms with Crippen molar-refractivity contribution in [3.8, 4) is 11.5 Å². The van der Waals surface area contributed by atoms with Crippen LogP contribution in [-0.2, 0) is 6.61 Å². The highest BCUT2D eigenvalue weighted by Crippen LogP contribution is 2.30. The van der Waals surface area contributed by atoms with Crippen LogP contribution in [0, 0.1) is 6.92 Å². The molecule has 4 rings (SSSR count). The zero-order chi connectivity index (χ0) is 23.2. The van der Waals surface area contributed by atoms with E-state index in [0.29, 0.717) is 13.2 Å². The number of anilines is 2. The molecule has 1 aliphatic rings. The Balaban J connectivity index is 1.34. The van der Waals surface area contributed by atoms with Crippen molar-refractivity contribution >= 4 is 11.4 Å². The molecule has 6 heteroatoms. The fourth-order valence-electron chi connectivity index (χ4n) is 3.61. The number of hydrogen-bond donors (Lipinski definition) is 1.